The zero-order valence-corrected chi connectivity index (χ0v) is 12.8. The molecule has 1 aliphatic rings. The zero-order valence-electron chi connectivity index (χ0n) is 12.8. The normalized spacial score (nSPS) is 19.6. The number of nitrogens with zero attached hydrogens (tertiary/aromatic N) is 2. The van der Waals surface area contributed by atoms with Gasteiger partial charge in [0.15, 0.2) is 0 Å². The number of carbonyl (C=O) groups is 1. The van der Waals surface area contributed by atoms with Crippen LogP contribution in [0, 0.1) is 5.92 Å². The van der Waals surface area contributed by atoms with Gasteiger partial charge in [-0.15, -0.1) is 0 Å². The van der Waals surface area contributed by atoms with Crippen molar-refractivity contribution in [3.63, 3.8) is 0 Å². The number of nitrogens with one attached hydrogen (secondary N) is 2. The lowest BCUT2D eigenvalue weighted by atomic mass is 9.98. The van der Waals surface area contributed by atoms with Crippen LogP contribution in [-0.4, -0.2) is 28.8 Å². The van der Waals surface area contributed by atoms with E-state index in [0.717, 1.165) is 37.2 Å². The second-order valence-electron chi connectivity index (χ2n) is 5.82. The van der Waals surface area contributed by atoms with E-state index in [4.69, 9.17) is 0 Å². The van der Waals surface area contributed by atoms with E-state index in [-0.39, 0.29) is 17.9 Å². The smallest absolute Gasteiger partial charge is 0.224 e. The fourth-order valence-corrected chi connectivity index (χ4v) is 2.85. The van der Waals surface area contributed by atoms with Crippen LogP contribution >= 0.6 is 0 Å². The van der Waals surface area contributed by atoms with E-state index in [1.54, 1.807) is 6.20 Å². The Bertz CT molecular complexity index is 617. The third kappa shape index (κ3) is 3.36. The SMILES string of the molecule is CC(NC(=O)C1CCCNC1)c1cccc(-n2cccn2)c1. The minimum absolute atomic E-state index is 0.00932. The summed E-state index contributed by atoms with van der Waals surface area (Å²) in [6.45, 7) is 3.83. The molecule has 0 bridgehead atoms. The molecule has 2 heterocycles. The summed E-state index contributed by atoms with van der Waals surface area (Å²) in [4.78, 5) is 12.3. The molecule has 2 unspecified atom stereocenters. The van der Waals surface area contributed by atoms with Crippen molar-refractivity contribution < 1.29 is 4.79 Å². The van der Waals surface area contributed by atoms with Crippen LogP contribution in [0.3, 0.4) is 0 Å². The third-order valence-corrected chi connectivity index (χ3v) is 4.17. The first kappa shape index (κ1) is 14.8. The lowest BCUT2D eigenvalue weighted by Gasteiger charge is -2.24. The van der Waals surface area contributed by atoms with Crippen LogP contribution < -0.4 is 10.6 Å². The van der Waals surface area contributed by atoms with Gasteiger partial charge >= 0.3 is 0 Å². The predicted octanol–water partition coefficient (Wildman–Crippen LogP) is 2.05. The zero-order chi connectivity index (χ0) is 15.4. The largest absolute Gasteiger partial charge is 0.349 e. The van der Waals surface area contributed by atoms with Gasteiger partial charge in [-0.2, -0.15) is 5.10 Å². The molecule has 1 fully saturated rings. The van der Waals surface area contributed by atoms with Gasteiger partial charge in [0.2, 0.25) is 5.91 Å². The Morgan fingerprint density at radius 3 is 3.09 bits per heavy atom. The molecule has 2 aromatic rings. The van der Waals surface area contributed by atoms with Crippen LogP contribution in [0.1, 0.15) is 31.4 Å². The lowest BCUT2D eigenvalue weighted by Crippen LogP contribution is -2.41. The maximum Gasteiger partial charge on any atom is 0.224 e. The molecule has 0 aliphatic carbocycles. The van der Waals surface area contributed by atoms with Gasteiger partial charge in [0.25, 0.3) is 0 Å². The Labute approximate surface area is 130 Å². The van der Waals surface area contributed by atoms with Gasteiger partial charge in [-0.05, 0) is 50.1 Å². The van der Waals surface area contributed by atoms with Crippen molar-refractivity contribution >= 4 is 5.91 Å². The summed E-state index contributed by atoms with van der Waals surface area (Å²) in [6.07, 6.45) is 5.71. The van der Waals surface area contributed by atoms with E-state index in [2.05, 4.69) is 21.8 Å². The topological polar surface area (TPSA) is 59.0 Å². The van der Waals surface area contributed by atoms with Crippen molar-refractivity contribution in [1.82, 2.24) is 20.4 Å². The first-order valence-electron chi connectivity index (χ1n) is 7.85. The van der Waals surface area contributed by atoms with Crippen LogP contribution in [0.15, 0.2) is 42.7 Å². The van der Waals surface area contributed by atoms with Crippen molar-refractivity contribution in [3.8, 4) is 5.69 Å². The Morgan fingerprint density at radius 1 is 1.45 bits per heavy atom. The number of hydrogen-bond donors (Lipinski definition) is 2. The number of amides is 1. The molecular formula is C17H22N4O. The van der Waals surface area contributed by atoms with Gasteiger partial charge in [-0.25, -0.2) is 4.68 Å². The highest BCUT2D eigenvalue weighted by Gasteiger charge is 2.22. The van der Waals surface area contributed by atoms with E-state index < -0.39 is 0 Å². The molecule has 5 heteroatoms. The molecule has 5 nitrogen and oxygen atoms in total. The summed E-state index contributed by atoms with van der Waals surface area (Å²) in [5, 5.41) is 10.7. The van der Waals surface area contributed by atoms with E-state index in [9.17, 15) is 4.79 Å². The molecule has 1 aliphatic heterocycles. The van der Waals surface area contributed by atoms with E-state index >= 15 is 0 Å². The monoisotopic (exact) mass is 298 g/mol. The van der Waals surface area contributed by atoms with Crippen molar-refractivity contribution in [3.05, 3.63) is 48.3 Å². The van der Waals surface area contributed by atoms with Crippen LogP contribution in [0.25, 0.3) is 5.69 Å². The Morgan fingerprint density at radius 2 is 2.36 bits per heavy atom. The second-order valence-corrected chi connectivity index (χ2v) is 5.82. The number of hydrogen-bond acceptors (Lipinski definition) is 3. The molecule has 0 saturated carbocycles. The number of rotatable bonds is 4. The fourth-order valence-electron chi connectivity index (χ4n) is 2.85. The molecule has 0 spiro atoms. The van der Waals surface area contributed by atoms with Crippen molar-refractivity contribution in [2.75, 3.05) is 13.1 Å². The quantitative estimate of drug-likeness (QED) is 0.908. The summed E-state index contributed by atoms with van der Waals surface area (Å²) >= 11 is 0. The van der Waals surface area contributed by atoms with Crippen molar-refractivity contribution in [2.45, 2.75) is 25.8 Å². The molecule has 3 rings (SSSR count). The Balaban J connectivity index is 1.68. The Kier molecular flexibility index (Phi) is 4.53. The molecule has 0 radical (unpaired) electrons. The highest BCUT2D eigenvalue weighted by Crippen LogP contribution is 2.18. The molecule has 1 aromatic carbocycles. The summed E-state index contributed by atoms with van der Waals surface area (Å²) in [6, 6.07) is 10.00. The van der Waals surface area contributed by atoms with Crippen LogP contribution in [-0.2, 0) is 4.79 Å². The molecule has 1 amide bonds. The van der Waals surface area contributed by atoms with E-state index in [0.29, 0.717) is 0 Å². The summed E-state index contributed by atoms with van der Waals surface area (Å²) in [5.41, 5.74) is 2.09. The van der Waals surface area contributed by atoms with Crippen molar-refractivity contribution in [2.24, 2.45) is 5.92 Å². The Hall–Kier alpha value is -2.14. The van der Waals surface area contributed by atoms with Crippen LogP contribution in [0.2, 0.25) is 0 Å². The van der Waals surface area contributed by atoms with Gasteiger partial charge in [-0.1, -0.05) is 12.1 Å². The van der Waals surface area contributed by atoms with Gasteiger partial charge in [-0.3, -0.25) is 4.79 Å². The average Bonchev–Trinajstić information content (AvgIpc) is 3.10. The average molecular weight is 298 g/mol. The first-order chi connectivity index (χ1) is 10.7. The highest BCUT2D eigenvalue weighted by molar-refractivity contribution is 5.79. The summed E-state index contributed by atoms with van der Waals surface area (Å²) in [5.74, 6) is 0.231. The van der Waals surface area contributed by atoms with E-state index in [1.807, 2.05) is 42.1 Å². The van der Waals surface area contributed by atoms with Gasteiger partial charge in [0.1, 0.15) is 0 Å². The molecule has 1 aromatic heterocycles. The third-order valence-electron chi connectivity index (χ3n) is 4.17. The van der Waals surface area contributed by atoms with E-state index in [1.165, 1.54) is 0 Å². The number of aromatic nitrogens is 2. The molecule has 2 atom stereocenters. The van der Waals surface area contributed by atoms with Gasteiger partial charge in [0.05, 0.1) is 17.6 Å². The fraction of sp³-hybridized carbons (Fsp3) is 0.412. The first-order valence-corrected chi connectivity index (χ1v) is 7.85. The minimum Gasteiger partial charge on any atom is -0.349 e. The minimum atomic E-state index is -0.00932. The van der Waals surface area contributed by atoms with Crippen LogP contribution in [0.4, 0.5) is 0 Å². The lowest BCUT2D eigenvalue weighted by molar-refractivity contribution is -0.126. The maximum absolute atomic E-state index is 12.3. The number of carbonyl (C=O) groups excluding carboxylic acids is 1. The molecule has 2 N–H and O–H groups in total. The van der Waals surface area contributed by atoms with Crippen molar-refractivity contribution in [1.29, 1.82) is 0 Å². The maximum atomic E-state index is 12.3. The molecule has 22 heavy (non-hydrogen) atoms. The summed E-state index contributed by atoms with van der Waals surface area (Å²) in [7, 11) is 0. The molecule has 1 saturated heterocycles. The number of benzene rings is 1. The van der Waals surface area contributed by atoms with Crippen LogP contribution in [0.5, 0.6) is 0 Å². The summed E-state index contributed by atoms with van der Waals surface area (Å²) < 4.78 is 1.82. The molecular weight excluding hydrogens is 276 g/mol. The number of piperidine rings is 1. The highest BCUT2D eigenvalue weighted by atomic mass is 16.2. The van der Waals surface area contributed by atoms with Gasteiger partial charge in [0, 0.05) is 18.9 Å². The molecule has 116 valence electrons. The second kappa shape index (κ2) is 6.75. The van der Waals surface area contributed by atoms with Gasteiger partial charge < -0.3 is 10.6 Å². The standard InChI is InChI=1S/C17H22N4O/c1-13(20-17(22)15-6-3-8-18-12-15)14-5-2-7-16(11-14)21-10-4-9-19-21/h2,4-5,7,9-11,13,15,18H,3,6,8,12H2,1H3,(H,20,22). The predicted molar refractivity (Wildman–Crippen MR) is 85.7 cm³/mol.